The SMILES string of the molecule is N#Cc1cc(-c2cc(NC(=O)C3CC3)ccn2)ccc1OC1CCN(C(=O)C(O)CO)CC1(F)F. The van der Waals surface area contributed by atoms with Crippen LogP contribution in [-0.2, 0) is 9.59 Å². The standard InChI is InChI=1S/C24H24F2N4O5/c25-24(26)13-30(23(34)19(32)12-31)8-6-21(24)35-20-4-3-15(9-16(20)11-27)18-10-17(5-7-28-18)29-22(33)14-1-2-14/h3-5,7,9-10,14,19,21,31-32H,1-2,6,8,12-13H2,(H,28,29,33). The minimum absolute atomic E-state index is 0.0294. The van der Waals surface area contributed by atoms with Gasteiger partial charge in [-0.3, -0.25) is 14.6 Å². The van der Waals surface area contributed by atoms with Crippen LogP contribution in [0, 0.1) is 17.2 Å². The summed E-state index contributed by atoms with van der Waals surface area (Å²) in [5.41, 5.74) is 1.63. The maximum atomic E-state index is 14.7. The van der Waals surface area contributed by atoms with Crippen LogP contribution < -0.4 is 10.1 Å². The van der Waals surface area contributed by atoms with Crippen LogP contribution in [-0.4, -0.2) is 69.7 Å². The number of alkyl halides is 2. The zero-order valence-electron chi connectivity index (χ0n) is 18.7. The van der Waals surface area contributed by atoms with Gasteiger partial charge in [0.05, 0.1) is 24.4 Å². The Morgan fingerprint density at radius 3 is 2.71 bits per heavy atom. The van der Waals surface area contributed by atoms with Crippen LogP contribution in [0.3, 0.4) is 0 Å². The van der Waals surface area contributed by atoms with Gasteiger partial charge in [-0.05, 0) is 43.2 Å². The number of rotatable bonds is 7. The Hall–Kier alpha value is -3.62. The molecule has 1 saturated heterocycles. The molecule has 184 valence electrons. The van der Waals surface area contributed by atoms with E-state index in [0.29, 0.717) is 16.9 Å². The third kappa shape index (κ3) is 5.55. The Balaban J connectivity index is 1.48. The van der Waals surface area contributed by atoms with Crippen molar-refractivity contribution in [1.29, 1.82) is 5.26 Å². The predicted molar refractivity (Wildman–Crippen MR) is 119 cm³/mol. The lowest BCUT2D eigenvalue weighted by Crippen LogP contribution is -2.57. The van der Waals surface area contributed by atoms with Gasteiger partial charge in [0.2, 0.25) is 5.91 Å². The first kappa shape index (κ1) is 24.5. The summed E-state index contributed by atoms with van der Waals surface area (Å²) in [6, 6.07) is 9.74. The molecule has 2 heterocycles. The maximum Gasteiger partial charge on any atom is 0.301 e. The number of nitriles is 1. The molecule has 11 heteroatoms. The molecule has 2 aromatic rings. The van der Waals surface area contributed by atoms with Crippen LogP contribution in [0.1, 0.15) is 24.8 Å². The normalized spacial score (nSPS) is 20.0. The number of aliphatic hydroxyl groups excluding tert-OH is 2. The average Bonchev–Trinajstić information content (AvgIpc) is 3.70. The van der Waals surface area contributed by atoms with Crippen molar-refractivity contribution < 1.29 is 33.3 Å². The van der Waals surface area contributed by atoms with Gasteiger partial charge >= 0.3 is 5.92 Å². The molecule has 1 aromatic heterocycles. The number of aromatic nitrogens is 1. The van der Waals surface area contributed by atoms with Gasteiger partial charge in [-0.15, -0.1) is 0 Å². The molecule has 2 unspecified atom stereocenters. The van der Waals surface area contributed by atoms with E-state index in [1.165, 1.54) is 18.3 Å². The number of pyridine rings is 1. The van der Waals surface area contributed by atoms with Gasteiger partial charge < -0.3 is 25.2 Å². The molecule has 1 aromatic carbocycles. The molecule has 2 atom stereocenters. The topological polar surface area (TPSA) is 136 Å². The maximum absolute atomic E-state index is 14.7. The van der Waals surface area contributed by atoms with Gasteiger partial charge in [0.1, 0.15) is 11.8 Å². The summed E-state index contributed by atoms with van der Waals surface area (Å²) in [6.45, 7) is -1.93. The van der Waals surface area contributed by atoms with Gasteiger partial charge in [-0.25, -0.2) is 8.78 Å². The number of hydrogen-bond acceptors (Lipinski definition) is 7. The molecule has 1 aliphatic carbocycles. The highest BCUT2D eigenvalue weighted by Gasteiger charge is 2.48. The van der Waals surface area contributed by atoms with Crippen molar-refractivity contribution in [3.8, 4) is 23.1 Å². The number of nitrogens with one attached hydrogen (secondary N) is 1. The van der Waals surface area contributed by atoms with E-state index in [-0.39, 0.29) is 36.1 Å². The number of halogens is 2. The van der Waals surface area contributed by atoms with Crippen molar-refractivity contribution in [2.75, 3.05) is 25.0 Å². The van der Waals surface area contributed by atoms with E-state index >= 15 is 0 Å². The molecule has 2 aliphatic rings. The van der Waals surface area contributed by atoms with Crippen molar-refractivity contribution in [3.63, 3.8) is 0 Å². The Morgan fingerprint density at radius 1 is 1.29 bits per heavy atom. The van der Waals surface area contributed by atoms with E-state index in [9.17, 15) is 28.7 Å². The molecule has 9 nitrogen and oxygen atoms in total. The van der Waals surface area contributed by atoms with E-state index in [4.69, 9.17) is 9.84 Å². The van der Waals surface area contributed by atoms with Crippen LogP contribution in [0.15, 0.2) is 36.5 Å². The van der Waals surface area contributed by atoms with Crippen LogP contribution in [0.4, 0.5) is 14.5 Å². The number of ether oxygens (including phenoxy) is 1. The first-order valence-corrected chi connectivity index (χ1v) is 11.2. The van der Waals surface area contributed by atoms with E-state index in [0.717, 1.165) is 17.7 Å². The second-order valence-electron chi connectivity index (χ2n) is 8.63. The van der Waals surface area contributed by atoms with Crippen molar-refractivity contribution in [2.24, 2.45) is 5.92 Å². The lowest BCUT2D eigenvalue weighted by Gasteiger charge is -2.38. The summed E-state index contributed by atoms with van der Waals surface area (Å²) >= 11 is 0. The van der Waals surface area contributed by atoms with Crippen LogP contribution in [0.25, 0.3) is 11.3 Å². The third-order valence-electron chi connectivity index (χ3n) is 5.94. The number of likely N-dealkylation sites (tertiary alicyclic amines) is 1. The average molecular weight is 486 g/mol. The summed E-state index contributed by atoms with van der Waals surface area (Å²) in [5.74, 6) is -4.46. The molecular formula is C24H24F2N4O5. The Kier molecular flexibility index (Phi) is 6.95. The molecule has 3 N–H and O–H groups in total. The zero-order chi connectivity index (χ0) is 25.2. The van der Waals surface area contributed by atoms with Gasteiger partial charge in [0.15, 0.2) is 12.2 Å². The fourth-order valence-corrected chi connectivity index (χ4v) is 3.83. The van der Waals surface area contributed by atoms with E-state index in [1.54, 1.807) is 18.2 Å². The second-order valence-corrected chi connectivity index (χ2v) is 8.63. The lowest BCUT2D eigenvalue weighted by molar-refractivity contribution is -0.167. The molecule has 0 spiro atoms. The number of carbonyl (C=O) groups excluding carboxylic acids is 2. The monoisotopic (exact) mass is 486 g/mol. The number of carbonyl (C=O) groups is 2. The molecule has 4 rings (SSSR count). The van der Waals surface area contributed by atoms with Crippen molar-refractivity contribution in [1.82, 2.24) is 9.88 Å². The van der Waals surface area contributed by atoms with Crippen LogP contribution >= 0.6 is 0 Å². The molecule has 1 aliphatic heterocycles. The van der Waals surface area contributed by atoms with Crippen LogP contribution in [0.5, 0.6) is 5.75 Å². The first-order valence-electron chi connectivity index (χ1n) is 11.2. The first-order chi connectivity index (χ1) is 16.7. The van der Waals surface area contributed by atoms with Crippen molar-refractivity contribution in [2.45, 2.75) is 37.4 Å². The quantitative estimate of drug-likeness (QED) is 0.544. The summed E-state index contributed by atoms with van der Waals surface area (Å²) in [7, 11) is 0. The number of anilines is 1. The smallest absolute Gasteiger partial charge is 0.301 e. The summed E-state index contributed by atoms with van der Waals surface area (Å²) in [4.78, 5) is 29.0. The summed E-state index contributed by atoms with van der Waals surface area (Å²) < 4.78 is 35.0. The molecular weight excluding hydrogens is 462 g/mol. The molecule has 0 bridgehead atoms. The highest BCUT2D eigenvalue weighted by atomic mass is 19.3. The fourth-order valence-electron chi connectivity index (χ4n) is 3.83. The highest BCUT2D eigenvalue weighted by Crippen LogP contribution is 2.34. The van der Waals surface area contributed by atoms with E-state index in [1.807, 2.05) is 6.07 Å². The largest absolute Gasteiger partial charge is 0.483 e. The second kappa shape index (κ2) is 9.93. The number of piperidine rings is 1. The Morgan fingerprint density at radius 2 is 2.06 bits per heavy atom. The zero-order valence-corrected chi connectivity index (χ0v) is 18.7. The third-order valence-corrected chi connectivity index (χ3v) is 5.94. The molecule has 35 heavy (non-hydrogen) atoms. The van der Waals surface area contributed by atoms with Crippen LogP contribution in [0.2, 0.25) is 0 Å². The minimum atomic E-state index is -3.44. The molecule has 2 fully saturated rings. The minimum Gasteiger partial charge on any atom is -0.483 e. The van der Waals surface area contributed by atoms with Gasteiger partial charge in [0.25, 0.3) is 5.91 Å². The molecule has 2 amide bonds. The Bertz CT molecular complexity index is 1160. The molecule has 1 saturated carbocycles. The summed E-state index contributed by atoms with van der Waals surface area (Å²) in [6.07, 6.45) is -0.304. The number of aliphatic hydroxyl groups is 2. The Labute approximate surface area is 199 Å². The fraction of sp³-hybridized carbons (Fsp3) is 0.417. The van der Waals surface area contributed by atoms with Gasteiger partial charge in [-0.1, -0.05) is 0 Å². The van der Waals surface area contributed by atoms with Gasteiger partial charge in [0, 0.05) is 36.3 Å². The number of benzene rings is 1. The number of nitrogens with zero attached hydrogens (tertiary/aromatic N) is 3. The van der Waals surface area contributed by atoms with Gasteiger partial charge in [-0.2, -0.15) is 5.26 Å². The number of amides is 2. The van der Waals surface area contributed by atoms with Crippen molar-refractivity contribution in [3.05, 3.63) is 42.1 Å². The summed E-state index contributed by atoms with van der Waals surface area (Å²) in [5, 5.41) is 30.8. The predicted octanol–water partition coefficient (Wildman–Crippen LogP) is 1.94. The van der Waals surface area contributed by atoms with Crippen molar-refractivity contribution >= 4 is 17.5 Å². The van der Waals surface area contributed by atoms with E-state index in [2.05, 4.69) is 10.3 Å². The highest BCUT2D eigenvalue weighted by molar-refractivity contribution is 5.94. The number of hydrogen-bond donors (Lipinski definition) is 3. The van der Waals surface area contributed by atoms with E-state index < -0.39 is 37.2 Å². The molecule has 0 radical (unpaired) electrons. The lowest BCUT2D eigenvalue weighted by atomic mass is 10.0.